The van der Waals surface area contributed by atoms with Crippen molar-refractivity contribution in [2.45, 2.75) is 31.9 Å². The molecule has 3 amide bonds. The summed E-state index contributed by atoms with van der Waals surface area (Å²) in [5, 5.41) is 5.02. The molecule has 2 N–H and O–H groups in total. The SMILES string of the molecule is [2H][C@@]1(N2Cc3c(NCc4cccc(OC)c4F)cc(F)cc3C2=O)CCC(=O)NC1=O. The summed E-state index contributed by atoms with van der Waals surface area (Å²) in [7, 11) is 1.35. The van der Waals surface area contributed by atoms with Crippen molar-refractivity contribution in [1.82, 2.24) is 10.2 Å². The minimum Gasteiger partial charge on any atom is -0.494 e. The molecule has 2 aromatic rings. The van der Waals surface area contributed by atoms with Crippen molar-refractivity contribution in [3.05, 3.63) is 58.7 Å². The Labute approximate surface area is 172 Å². The number of nitrogens with one attached hydrogen (secondary N) is 2. The summed E-state index contributed by atoms with van der Waals surface area (Å²) >= 11 is 0. The maximum Gasteiger partial charge on any atom is 0.255 e. The summed E-state index contributed by atoms with van der Waals surface area (Å²) in [6.07, 6.45) is -0.235. The molecule has 156 valence electrons. The van der Waals surface area contributed by atoms with Crippen LogP contribution in [0.5, 0.6) is 5.75 Å². The normalized spacial score (nSPS) is 21.2. The van der Waals surface area contributed by atoms with Crippen molar-refractivity contribution in [3.8, 4) is 5.75 Å². The number of methoxy groups -OCH3 is 1. The predicted molar refractivity (Wildman–Crippen MR) is 103 cm³/mol. The molecule has 0 saturated carbocycles. The van der Waals surface area contributed by atoms with E-state index in [9.17, 15) is 23.2 Å². The van der Waals surface area contributed by atoms with E-state index in [-0.39, 0.29) is 48.5 Å². The number of amides is 3. The number of imide groups is 1. The van der Waals surface area contributed by atoms with Gasteiger partial charge in [-0.1, -0.05) is 12.1 Å². The van der Waals surface area contributed by atoms with E-state index in [1.54, 1.807) is 12.1 Å². The Morgan fingerprint density at radius 1 is 1.30 bits per heavy atom. The van der Waals surface area contributed by atoms with Crippen molar-refractivity contribution < 1.29 is 29.3 Å². The first-order valence-electron chi connectivity index (χ1n) is 9.78. The number of anilines is 1. The number of halogens is 2. The van der Waals surface area contributed by atoms with Gasteiger partial charge in [0, 0.05) is 41.9 Å². The van der Waals surface area contributed by atoms with Crippen LogP contribution in [-0.2, 0) is 22.7 Å². The van der Waals surface area contributed by atoms with E-state index < -0.39 is 35.4 Å². The topological polar surface area (TPSA) is 87.7 Å². The third-order valence-corrected chi connectivity index (χ3v) is 5.17. The second-order valence-electron chi connectivity index (χ2n) is 6.98. The zero-order chi connectivity index (χ0) is 22.3. The van der Waals surface area contributed by atoms with Gasteiger partial charge in [-0.25, -0.2) is 8.78 Å². The lowest BCUT2D eigenvalue weighted by molar-refractivity contribution is -0.136. The van der Waals surface area contributed by atoms with Crippen molar-refractivity contribution in [1.29, 1.82) is 0 Å². The Hall–Kier alpha value is -3.49. The minimum absolute atomic E-state index is 0.00583. The first-order valence-corrected chi connectivity index (χ1v) is 9.28. The number of fused-ring (bicyclic) bond motifs is 1. The van der Waals surface area contributed by atoms with Crippen LogP contribution in [0, 0.1) is 11.6 Å². The molecule has 4 rings (SSSR count). The van der Waals surface area contributed by atoms with Crippen LogP contribution < -0.4 is 15.4 Å². The molecular formula is C21H19F2N3O4. The van der Waals surface area contributed by atoms with Crippen molar-refractivity contribution in [3.63, 3.8) is 0 Å². The summed E-state index contributed by atoms with van der Waals surface area (Å²) in [5.41, 5.74) is 0.945. The van der Waals surface area contributed by atoms with Gasteiger partial charge in [0.2, 0.25) is 11.8 Å². The maximum absolute atomic E-state index is 14.4. The zero-order valence-electron chi connectivity index (χ0n) is 17.1. The van der Waals surface area contributed by atoms with Gasteiger partial charge in [0.1, 0.15) is 11.8 Å². The van der Waals surface area contributed by atoms with Crippen LogP contribution in [0.1, 0.15) is 35.7 Å². The molecule has 1 fully saturated rings. The van der Waals surface area contributed by atoms with Crippen molar-refractivity contribution in [2.75, 3.05) is 12.4 Å². The number of rotatable bonds is 5. The fourth-order valence-electron chi connectivity index (χ4n) is 3.65. The van der Waals surface area contributed by atoms with Gasteiger partial charge in [0.05, 0.1) is 8.48 Å². The lowest BCUT2D eigenvalue weighted by atomic mass is 10.0. The van der Waals surface area contributed by atoms with Gasteiger partial charge in [-0.3, -0.25) is 19.7 Å². The summed E-state index contributed by atoms with van der Waals surface area (Å²) < 4.78 is 42.1. The number of carbonyl (C=O) groups excluding carboxylic acids is 3. The van der Waals surface area contributed by atoms with Gasteiger partial charge in [-0.15, -0.1) is 0 Å². The first-order chi connectivity index (χ1) is 14.7. The molecule has 0 spiro atoms. The molecule has 7 nitrogen and oxygen atoms in total. The molecule has 0 bridgehead atoms. The fraction of sp³-hybridized carbons (Fsp3) is 0.286. The molecular weight excluding hydrogens is 396 g/mol. The highest BCUT2D eigenvalue weighted by atomic mass is 19.1. The predicted octanol–water partition coefficient (Wildman–Crippen LogP) is 2.35. The molecule has 1 atom stereocenters. The number of hydrogen-bond acceptors (Lipinski definition) is 5. The number of carbonyl (C=O) groups is 3. The second kappa shape index (κ2) is 7.74. The van der Waals surface area contributed by atoms with Gasteiger partial charge < -0.3 is 15.0 Å². The quantitative estimate of drug-likeness (QED) is 0.731. The number of benzene rings is 2. The smallest absolute Gasteiger partial charge is 0.255 e. The number of nitrogens with zero attached hydrogens (tertiary/aromatic N) is 1. The van der Waals surface area contributed by atoms with E-state index in [0.717, 1.165) is 11.0 Å². The Balaban J connectivity index is 1.62. The lowest BCUT2D eigenvalue weighted by Gasteiger charge is -2.29. The van der Waals surface area contributed by atoms with Gasteiger partial charge in [-0.2, -0.15) is 0 Å². The largest absolute Gasteiger partial charge is 0.494 e. The average molecular weight is 416 g/mol. The van der Waals surface area contributed by atoms with E-state index in [1.807, 2.05) is 0 Å². The molecule has 0 aromatic heterocycles. The third-order valence-electron chi connectivity index (χ3n) is 5.17. The van der Waals surface area contributed by atoms with Gasteiger partial charge in [0.15, 0.2) is 11.6 Å². The van der Waals surface area contributed by atoms with Gasteiger partial charge in [0.25, 0.3) is 5.91 Å². The number of hydrogen-bond donors (Lipinski definition) is 2. The first kappa shape index (κ1) is 18.5. The minimum atomic E-state index is -1.98. The molecule has 30 heavy (non-hydrogen) atoms. The molecule has 2 heterocycles. The van der Waals surface area contributed by atoms with Crippen LogP contribution in [0.25, 0.3) is 0 Å². The number of ether oxygens (including phenoxy) is 1. The van der Waals surface area contributed by atoms with Crippen molar-refractivity contribution in [2.24, 2.45) is 0 Å². The van der Waals surface area contributed by atoms with Crippen LogP contribution in [0.4, 0.5) is 14.5 Å². The lowest BCUT2D eigenvalue weighted by Crippen LogP contribution is -2.52. The highest BCUT2D eigenvalue weighted by Crippen LogP contribution is 2.34. The molecule has 9 heteroatoms. The Morgan fingerprint density at radius 2 is 2.10 bits per heavy atom. The van der Waals surface area contributed by atoms with E-state index in [4.69, 9.17) is 6.11 Å². The molecule has 0 radical (unpaired) electrons. The molecule has 2 aromatic carbocycles. The summed E-state index contributed by atoms with van der Waals surface area (Å²) in [4.78, 5) is 37.7. The Morgan fingerprint density at radius 3 is 2.83 bits per heavy atom. The van der Waals surface area contributed by atoms with Crippen LogP contribution in [0.15, 0.2) is 30.3 Å². The van der Waals surface area contributed by atoms with E-state index in [0.29, 0.717) is 5.56 Å². The Kier molecular flexibility index (Phi) is 4.78. The standard InChI is InChI=1S/C21H19F2N3O4/c1-30-17-4-2-3-11(19(17)23)9-24-15-8-12(22)7-13-14(15)10-26(21(13)29)16-5-6-18(27)25-20(16)28/h2-4,7-8,16,24H,5-6,9-10H2,1H3,(H,25,27,28)/t16-/m1/s1/i16D. The highest BCUT2D eigenvalue weighted by molar-refractivity contribution is 6.06. The maximum atomic E-state index is 14.4. The summed E-state index contributed by atoms with van der Waals surface area (Å²) in [5.74, 6) is -3.25. The van der Waals surface area contributed by atoms with Gasteiger partial charge >= 0.3 is 0 Å². The zero-order valence-corrected chi connectivity index (χ0v) is 16.1. The van der Waals surface area contributed by atoms with E-state index >= 15 is 0 Å². The second-order valence-corrected chi connectivity index (χ2v) is 6.98. The molecule has 0 aliphatic carbocycles. The van der Waals surface area contributed by atoms with Crippen LogP contribution in [-0.4, -0.2) is 35.7 Å². The van der Waals surface area contributed by atoms with Gasteiger partial charge in [-0.05, 0) is 24.6 Å². The van der Waals surface area contributed by atoms with Crippen LogP contribution in [0.3, 0.4) is 0 Å². The molecule has 1 saturated heterocycles. The average Bonchev–Trinajstić information content (AvgIpc) is 3.07. The fourth-order valence-corrected chi connectivity index (χ4v) is 3.65. The van der Waals surface area contributed by atoms with Crippen LogP contribution >= 0.6 is 0 Å². The monoisotopic (exact) mass is 416 g/mol. The highest BCUT2D eigenvalue weighted by Gasteiger charge is 2.40. The Bertz CT molecular complexity index is 1110. The number of piperidine rings is 1. The molecule has 2 aliphatic heterocycles. The van der Waals surface area contributed by atoms with E-state index in [2.05, 4.69) is 10.6 Å². The molecule has 0 unspecified atom stereocenters. The summed E-state index contributed by atoms with van der Waals surface area (Å²) in [6.45, 7) is -0.128. The van der Waals surface area contributed by atoms with E-state index in [1.165, 1.54) is 19.2 Å². The van der Waals surface area contributed by atoms with Crippen LogP contribution in [0.2, 0.25) is 0 Å². The third kappa shape index (κ3) is 3.47. The van der Waals surface area contributed by atoms with Crippen molar-refractivity contribution >= 4 is 23.4 Å². The summed E-state index contributed by atoms with van der Waals surface area (Å²) in [6, 6.07) is 4.88. The molecule has 2 aliphatic rings.